The van der Waals surface area contributed by atoms with Crippen LogP contribution in [0.1, 0.15) is 369 Å². The SMILES string of the molecule is Cc1ccccc1-[n+]1c(C2CCCCC2)oc(-c2ccccc2)c1C.Cc1ccccc1-[n+]1c(C2CCCCC2)oc(C)c1C.Cc1ccccc1-[n+]1c(C2CCCCC2)oc(C)c1C.Cc1ccccc1-[n+]1c(C2CCCCC2)oc(C2CCCC2)c1C.Cc1ccccc1-[n+]1c(C2CCCCC2)oc(C2CCCCC2)c1C. The zero-order valence-corrected chi connectivity index (χ0v) is 71.8. The van der Waals surface area contributed by atoms with Crippen molar-refractivity contribution in [3.8, 4) is 39.8 Å². The van der Waals surface area contributed by atoms with E-state index in [4.69, 9.17) is 22.1 Å². The van der Waals surface area contributed by atoms with Crippen LogP contribution in [0.3, 0.4) is 0 Å². The Balaban J connectivity index is 0.000000118. The van der Waals surface area contributed by atoms with Gasteiger partial charge in [0.25, 0.3) is 0 Å². The minimum Gasteiger partial charge on any atom is -0.406 e. The number of rotatable bonds is 13. The number of hydrogen-bond acceptors (Lipinski definition) is 5. The summed E-state index contributed by atoms with van der Waals surface area (Å²) in [4.78, 5) is 0. The molecule has 7 saturated carbocycles. The van der Waals surface area contributed by atoms with Gasteiger partial charge >= 0.3 is 29.5 Å². The summed E-state index contributed by atoms with van der Waals surface area (Å²) in [7, 11) is 0. The van der Waals surface area contributed by atoms with Crippen molar-refractivity contribution in [1.82, 2.24) is 0 Å². The summed E-state index contributed by atoms with van der Waals surface area (Å²) in [6, 6.07) is 53.8. The largest absolute Gasteiger partial charge is 0.406 e. The highest BCUT2D eigenvalue weighted by Gasteiger charge is 2.42. The Morgan fingerprint density at radius 1 is 0.202 bits per heavy atom. The number of benzene rings is 6. The number of nitrogens with zero attached hydrogens (tertiary/aromatic N) is 5. The lowest BCUT2D eigenvalue weighted by Gasteiger charge is -2.18. The van der Waals surface area contributed by atoms with Crippen LogP contribution < -0.4 is 22.8 Å². The van der Waals surface area contributed by atoms with E-state index in [2.05, 4.69) is 258 Å². The van der Waals surface area contributed by atoms with E-state index < -0.39 is 0 Å². The Hall–Kier alpha value is -8.63. The van der Waals surface area contributed by atoms with Gasteiger partial charge in [-0.3, -0.25) is 0 Å². The van der Waals surface area contributed by atoms with Crippen molar-refractivity contribution in [2.24, 2.45) is 0 Å². The van der Waals surface area contributed by atoms with Crippen LogP contribution in [0.2, 0.25) is 0 Å². The van der Waals surface area contributed by atoms with Crippen LogP contribution in [-0.4, -0.2) is 0 Å². The monoisotopic (exact) mass is 1540 g/mol. The molecular weight excluding hydrogens is 1400 g/mol. The van der Waals surface area contributed by atoms with Gasteiger partial charge in [0.05, 0.1) is 29.6 Å². The molecule has 5 aromatic heterocycles. The first kappa shape index (κ1) is 81.9. The summed E-state index contributed by atoms with van der Waals surface area (Å²) in [6.45, 7) is 26.2. The molecule has 0 N–H and O–H groups in total. The van der Waals surface area contributed by atoms with Gasteiger partial charge in [-0.05, 0) is 125 Å². The maximum atomic E-state index is 6.70. The standard InChI is InChI=1S/C23H32NO.C23H26NO.C22H30NO.2C18H24NO/c2*1-17-11-9-10-16-21(17)24-18(2)22(19-12-5-3-6-13-19)25-23(24)20-14-7-4-8-15-20;1-16-10-6-9-15-20(16)23-17(2)21(18-11-7-8-12-18)24-22(23)19-13-4-3-5-14-19;2*1-13-9-7-8-12-17(13)19-14(2)15(3)20-18(19)16-10-5-4-6-11-16/h9-11,16,19-20H,3-8,12-15H2,1-2H3;3,5-6,9-13,16,20H,4,7-8,14-15H2,1-2H3;6,9-10,15,18-19H,3-5,7-8,11-14H2,1-2H3;2*7-9,12,16H,4-6,10-11H2,1-3H3/q5*+1. The highest BCUT2D eigenvalue weighted by molar-refractivity contribution is 5.59. The van der Waals surface area contributed by atoms with E-state index in [1.165, 1.54) is 326 Å². The maximum Gasteiger partial charge on any atom is 0.356 e. The number of para-hydroxylation sites is 5. The molecule has 11 aromatic rings. The van der Waals surface area contributed by atoms with Crippen molar-refractivity contribution in [2.75, 3.05) is 0 Å². The molecule has 18 rings (SSSR count). The average molecular weight is 1540 g/mol. The summed E-state index contributed by atoms with van der Waals surface area (Å²) in [6.07, 6.45) is 44.8. The van der Waals surface area contributed by atoms with Crippen LogP contribution in [0, 0.1) is 83.1 Å². The van der Waals surface area contributed by atoms with E-state index in [-0.39, 0.29) is 0 Å². The van der Waals surface area contributed by atoms with Crippen molar-refractivity contribution in [3.05, 3.63) is 260 Å². The van der Waals surface area contributed by atoms with Crippen molar-refractivity contribution in [2.45, 2.75) is 343 Å². The van der Waals surface area contributed by atoms with E-state index in [9.17, 15) is 0 Å². The molecule has 0 aliphatic heterocycles. The molecular formula is C104H136N5O5+5. The number of hydrogen-bond donors (Lipinski definition) is 0. The van der Waals surface area contributed by atoms with Crippen LogP contribution in [0.5, 0.6) is 0 Å². The number of oxazole rings is 5. The summed E-state index contributed by atoms with van der Waals surface area (Å²) in [5.41, 5.74) is 20.5. The summed E-state index contributed by atoms with van der Waals surface area (Å²) >= 11 is 0. The van der Waals surface area contributed by atoms with E-state index >= 15 is 0 Å². The normalized spacial score (nSPS) is 17.8. The van der Waals surface area contributed by atoms with Crippen molar-refractivity contribution in [3.63, 3.8) is 0 Å². The Kier molecular flexibility index (Phi) is 27.9. The molecule has 0 unspecified atom stereocenters. The van der Waals surface area contributed by atoms with Gasteiger partial charge in [-0.25, -0.2) is 0 Å². The number of aromatic nitrogens is 5. The van der Waals surface area contributed by atoms with Gasteiger partial charge in [-0.15, -0.1) is 22.8 Å². The van der Waals surface area contributed by atoms with Crippen molar-refractivity contribution >= 4 is 0 Å². The third kappa shape index (κ3) is 18.6. The lowest BCUT2D eigenvalue weighted by Crippen LogP contribution is -2.38. The second-order valence-corrected chi connectivity index (χ2v) is 35.3. The zero-order chi connectivity index (χ0) is 79.2. The topological polar surface area (TPSA) is 85.1 Å². The molecule has 0 spiro atoms. The molecule has 114 heavy (non-hydrogen) atoms. The smallest absolute Gasteiger partial charge is 0.356 e. The fourth-order valence-corrected chi connectivity index (χ4v) is 20.5. The van der Waals surface area contributed by atoms with Gasteiger partial charge in [0.2, 0.25) is 62.7 Å². The lowest BCUT2D eigenvalue weighted by atomic mass is 9.87. The minimum absolute atomic E-state index is 0.518. The third-order valence-electron chi connectivity index (χ3n) is 27.3. The molecule has 10 heteroatoms. The fraction of sp³-hybridized carbons (Fsp3) is 0.510. The fourth-order valence-electron chi connectivity index (χ4n) is 20.5. The van der Waals surface area contributed by atoms with Gasteiger partial charge in [-0.1, -0.05) is 250 Å². The summed E-state index contributed by atoms with van der Waals surface area (Å²) in [5, 5.41) is 0. The molecule has 10 nitrogen and oxygen atoms in total. The Morgan fingerprint density at radius 2 is 0.412 bits per heavy atom. The van der Waals surface area contributed by atoms with E-state index in [0.717, 1.165) is 40.5 Å². The van der Waals surface area contributed by atoms with E-state index in [0.29, 0.717) is 41.4 Å². The van der Waals surface area contributed by atoms with Crippen molar-refractivity contribution < 1.29 is 44.9 Å². The van der Waals surface area contributed by atoms with Crippen molar-refractivity contribution in [1.29, 1.82) is 0 Å². The molecule has 7 aliphatic carbocycles. The van der Waals surface area contributed by atoms with Crippen LogP contribution >= 0.6 is 0 Å². The molecule has 0 bridgehead atoms. The summed E-state index contributed by atoms with van der Waals surface area (Å²) in [5.74, 6) is 15.7. The zero-order valence-electron chi connectivity index (χ0n) is 71.8. The molecule has 6 aromatic carbocycles. The van der Waals surface area contributed by atoms with E-state index in [1.807, 2.05) is 0 Å². The van der Waals surface area contributed by atoms with Crippen LogP contribution in [-0.2, 0) is 0 Å². The second kappa shape index (κ2) is 38.9. The molecule has 7 aliphatic rings. The predicted molar refractivity (Wildman–Crippen MR) is 460 cm³/mol. The first-order chi connectivity index (χ1) is 55.6. The lowest BCUT2D eigenvalue weighted by molar-refractivity contribution is -0.618. The maximum absolute atomic E-state index is 6.70. The summed E-state index contributed by atoms with van der Waals surface area (Å²) < 4.78 is 44.2. The first-order valence-electron chi connectivity index (χ1n) is 45.2. The van der Waals surface area contributed by atoms with E-state index in [1.54, 1.807) is 0 Å². The first-order valence-corrected chi connectivity index (χ1v) is 45.2. The van der Waals surface area contributed by atoms with Gasteiger partial charge in [0.15, 0.2) is 23.0 Å². The van der Waals surface area contributed by atoms with Gasteiger partial charge in [0, 0.05) is 124 Å². The molecule has 7 fully saturated rings. The van der Waals surface area contributed by atoms with Gasteiger partial charge < -0.3 is 22.1 Å². The Bertz CT molecular complexity index is 4810. The average Bonchev–Trinajstić information content (AvgIpc) is 1.65. The molecule has 0 atom stereocenters. The highest BCUT2D eigenvalue weighted by Crippen LogP contribution is 2.44. The third-order valence-corrected chi connectivity index (χ3v) is 27.3. The Morgan fingerprint density at radius 3 is 0.684 bits per heavy atom. The molecule has 5 heterocycles. The van der Waals surface area contributed by atoms with Gasteiger partial charge in [-0.2, -0.15) is 0 Å². The quantitative estimate of drug-likeness (QED) is 0.107. The molecule has 0 saturated heterocycles. The van der Waals surface area contributed by atoms with Gasteiger partial charge in [0.1, 0.15) is 0 Å². The molecule has 0 amide bonds. The Labute approximate surface area is 683 Å². The van der Waals surface area contributed by atoms with Crippen LogP contribution in [0.15, 0.2) is 174 Å². The second-order valence-electron chi connectivity index (χ2n) is 35.3. The minimum atomic E-state index is 0.518. The van der Waals surface area contributed by atoms with Crippen LogP contribution in [0.25, 0.3) is 39.8 Å². The highest BCUT2D eigenvalue weighted by atomic mass is 16.4. The predicted octanol–water partition coefficient (Wildman–Crippen LogP) is 27.1. The van der Waals surface area contributed by atoms with Crippen LogP contribution in [0.4, 0.5) is 0 Å². The molecule has 602 valence electrons. The molecule has 0 radical (unpaired) electrons. The number of aryl methyl sites for hydroxylation is 7.